The summed E-state index contributed by atoms with van der Waals surface area (Å²) in [7, 11) is 0. The second kappa shape index (κ2) is 6.97. The van der Waals surface area contributed by atoms with Gasteiger partial charge < -0.3 is 15.2 Å². The van der Waals surface area contributed by atoms with Crippen molar-refractivity contribution in [2.75, 3.05) is 6.61 Å². The first-order chi connectivity index (χ1) is 9.47. The second-order valence-corrected chi connectivity index (χ2v) is 8.56. The van der Waals surface area contributed by atoms with Gasteiger partial charge in [-0.2, -0.15) is 0 Å². The lowest BCUT2D eigenvalue weighted by Gasteiger charge is -2.46. The summed E-state index contributed by atoms with van der Waals surface area (Å²) in [5, 5.41) is 14.1. The molecule has 0 aromatic rings. The molecule has 1 aliphatic rings. The molecule has 0 bridgehead atoms. The van der Waals surface area contributed by atoms with E-state index < -0.39 is 5.60 Å². The highest BCUT2D eigenvalue weighted by Crippen LogP contribution is 2.31. The molecule has 0 aromatic carbocycles. The summed E-state index contributed by atoms with van der Waals surface area (Å²) in [6.07, 6.45) is 5.20. The molecule has 0 amide bonds. The van der Waals surface area contributed by atoms with Crippen molar-refractivity contribution in [2.45, 2.75) is 103 Å². The molecule has 1 aliphatic heterocycles. The molecule has 2 N–H and O–H groups in total. The number of rotatable bonds is 7. The largest absolute Gasteiger partial charge is 0.390 e. The number of hydrogen-bond donors (Lipinski definition) is 2. The van der Waals surface area contributed by atoms with Crippen molar-refractivity contribution in [3.63, 3.8) is 0 Å². The van der Waals surface area contributed by atoms with Crippen LogP contribution in [0.2, 0.25) is 0 Å². The molecular formula is C18H37NO2. The Morgan fingerprint density at radius 2 is 1.76 bits per heavy atom. The van der Waals surface area contributed by atoms with Gasteiger partial charge in [0.05, 0.1) is 11.7 Å². The normalized spacial score (nSPS) is 26.3. The Hall–Kier alpha value is -0.120. The van der Waals surface area contributed by atoms with E-state index in [2.05, 4.69) is 46.9 Å². The molecule has 0 spiro atoms. The Morgan fingerprint density at radius 3 is 2.24 bits per heavy atom. The van der Waals surface area contributed by atoms with Crippen LogP contribution in [0, 0.1) is 5.92 Å². The molecule has 21 heavy (non-hydrogen) atoms. The molecule has 0 aromatic heterocycles. The van der Waals surface area contributed by atoms with E-state index >= 15 is 0 Å². The summed E-state index contributed by atoms with van der Waals surface area (Å²) in [6, 6.07) is 0. The monoisotopic (exact) mass is 299 g/mol. The molecule has 2 atom stereocenters. The minimum Gasteiger partial charge on any atom is -0.390 e. The molecule has 3 nitrogen and oxygen atoms in total. The van der Waals surface area contributed by atoms with Crippen LogP contribution in [-0.2, 0) is 4.74 Å². The fraction of sp³-hybridized carbons (Fsp3) is 1.00. The maximum Gasteiger partial charge on any atom is 0.0645 e. The number of nitrogens with one attached hydrogen (secondary N) is 1. The van der Waals surface area contributed by atoms with Gasteiger partial charge in [-0.1, -0.05) is 20.3 Å². The van der Waals surface area contributed by atoms with E-state index in [9.17, 15) is 5.11 Å². The van der Waals surface area contributed by atoms with Crippen LogP contribution in [0.5, 0.6) is 0 Å². The molecule has 1 saturated heterocycles. The van der Waals surface area contributed by atoms with Crippen molar-refractivity contribution >= 4 is 0 Å². The van der Waals surface area contributed by atoms with Crippen LogP contribution in [0.1, 0.15) is 80.6 Å². The van der Waals surface area contributed by atoms with Crippen molar-refractivity contribution < 1.29 is 9.84 Å². The highest BCUT2D eigenvalue weighted by atomic mass is 16.5. The number of hydrogen-bond acceptors (Lipinski definition) is 3. The third-order valence-electron chi connectivity index (χ3n) is 5.01. The Kier molecular flexibility index (Phi) is 6.28. The molecule has 0 saturated carbocycles. The Bertz CT molecular complexity index is 307. The lowest BCUT2D eigenvalue weighted by atomic mass is 9.81. The van der Waals surface area contributed by atoms with Gasteiger partial charge in [-0.25, -0.2) is 0 Å². The van der Waals surface area contributed by atoms with Gasteiger partial charge in [0.15, 0.2) is 0 Å². The Balaban J connectivity index is 2.36. The molecule has 126 valence electrons. The topological polar surface area (TPSA) is 41.5 Å². The van der Waals surface area contributed by atoms with Crippen molar-refractivity contribution in [3.05, 3.63) is 0 Å². The summed E-state index contributed by atoms with van der Waals surface area (Å²) < 4.78 is 6.11. The highest BCUT2D eigenvalue weighted by Gasteiger charge is 2.38. The quantitative estimate of drug-likeness (QED) is 0.701. The predicted octanol–water partition coefficient (Wildman–Crippen LogP) is 3.89. The third-order valence-corrected chi connectivity index (χ3v) is 5.01. The van der Waals surface area contributed by atoms with E-state index in [-0.39, 0.29) is 11.1 Å². The van der Waals surface area contributed by atoms with Gasteiger partial charge in [0.25, 0.3) is 0 Å². The van der Waals surface area contributed by atoms with Crippen molar-refractivity contribution in [1.29, 1.82) is 0 Å². The SMILES string of the molecule is CCC(C)C(C)(O)CCCOC1CC(C)(C)NC(C)(C)C1. The smallest absolute Gasteiger partial charge is 0.0645 e. The molecule has 2 unspecified atom stereocenters. The van der Waals surface area contributed by atoms with Crippen LogP contribution in [0.4, 0.5) is 0 Å². The van der Waals surface area contributed by atoms with Crippen LogP contribution in [0.3, 0.4) is 0 Å². The van der Waals surface area contributed by atoms with Crippen molar-refractivity contribution in [2.24, 2.45) is 5.92 Å². The van der Waals surface area contributed by atoms with E-state index in [4.69, 9.17) is 4.74 Å². The maximum absolute atomic E-state index is 10.4. The molecule has 1 rings (SSSR count). The lowest BCUT2D eigenvalue weighted by Crippen LogP contribution is -2.59. The minimum absolute atomic E-state index is 0.134. The summed E-state index contributed by atoms with van der Waals surface area (Å²) in [4.78, 5) is 0. The van der Waals surface area contributed by atoms with Crippen LogP contribution in [-0.4, -0.2) is 34.5 Å². The van der Waals surface area contributed by atoms with Crippen LogP contribution < -0.4 is 5.32 Å². The van der Waals surface area contributed by atoms with Crippen molar-refractivity contribution in [1.82, 2.24) is 5.32 Å². The third kappa shape index (κ3) is 6.25. The maximum atomic E-state index is 10.4. The fourth-order valence-electron chi connectivity index (χ4n) is 3.71. The van der Waals surface area contributed by atoms with Crippen LogP contribution in [0.25, 0.3) is 0 Å². The highest BCUT2D eigenvalue weighted by molar-refractivity contribution is 4.97. The zero-order valence-corrected chi connectivity index (χ0v) is 15.3. The first-order valence-electron chi connectivity index (χ1n) is 8.61. The van der Waals surface area contributed by atoms with E-state index in [1.165, 1.54) is 0 Å². The Morgan fingerprint density at radius 1 is 1.24 bits per heavy atom. The first kappa shape index (κ1) is 18.9. The second-order valence-electron chi connectivity index (χ2n) is 8.56. The summed E-state index contributed by atoms with van der Waals surface area (Å²) in [6.45, 7) is 16.0. The molecule has 0 aliphatic carbocycles. The zero-order valence-electron chi connectivity index (χ0n) is 15.3. The fourth-order valence-corrected chi connectivity index (χ4v) is 3.71. The average Bonchev–Trinajstić information content (AvgIpc) is 2.29. The van der Waals surface area contributed by atoms with Crippen LogP contribution in [0.15, 0.2) is 0 Å². The van der Waals surface area contributed by atoms with Gasteiger partial charge in [0.2, 0.25) is 0 Å². The zero-order chi connectivity index (χ0) is 16.3. The van der Waals surface area contributed by atoms with E-state index in [0.29, 0.717) is 12.0 Å². The summed E-state index contributed by atoms with van der Waals surface area (Å²) in [5.74, 6) is 0.342. The molecule has 1 fully saturated rings. The van der Waals surface area contributed by atoms with Gasteiger partial charge >= 0.3 is 0 Å². The number of piperidine rings is 1. The minimum atomic E-state index is -0.565. The van der Waals surface area contributed by atoms with E-state index in [1.54, 1.807) is 0 Å². The number of ether oxygens (including phenoxy) is 1. The van der Waals surface area contributed by atoms with E-state index in [0.717, 1.165) is 38.7 Å². The van der Waals surface area contributed by atoms with Gasteiger partial charge in [-0.05, 0) is 66.2 Å². The van der Waals surface area contributed by atoms with Gasteiger partial charge in [-0.3, -0.25) is 0 Å². The van der Waals surface area contributed by atoms with Crippen molar-refractivity contribution in [3.8, 4) is 0 Å². The molecule has 0 radical (unpaired) electrons. The first-order valence-corrected chi connectivity index (χ1v) is 8.61. The average molecular weight is 299 g/mol. The van der Waals surface area contributed by atoms with Gasteiger partial charge in [0.1, 0.15) is 0 Å². The summed E-state index contributed by atoms with van der Waals surface area (Å²) in [5.41, 5.74) is -0.298. The Labute approximate surface area is 131 Å². The molecular weight excluding hydrogens is 262 g/mol. The van der Waals surface area contributed by atoms with Crippen LogP contribution >= 0.6 is 0 Å². The molecule has 1 heterocycles. The number of aliphatic hydroxyl groups is 1. The summed E-state index contributed by atoms with van der Waals surface area (Å²) >= 11 is 0. The molecule has 3 heteroatoms. The predicted molar refractivity (Wildman–Crippen MR) is 89.6 cm³/mol. The lowest BCUT2D eigenvalue weighted by molar-refractivity contribution is -0.0408. The standard InChI is InChI=1S/C18H37NO2/c1-8-14(2)18(7,20)10-9-11-21-15-12-16(3,4)19-17(5,6)13-15/h14-15,19-20H,8-13H2,1-7H3. The van der Waals surface area contributed by atoms with Gasteiger partial charge in [-0.15, -0.1) is 0 Å². The van der Waals surface area contributed by atoms with Gasteiger partial charge in [0, 0.05) is 17.7 Å². The van der Waals surface area contributed by atoms with E-state index in [1.807, 2.05) is 6.92 Å².